The van der Waals surface area contributed by atoms with Crippen molar-refractivity contribution < 1.29 is 4.74 Å². The third kappa shape index (κ3) is 3.56. The molecule has 0 spiro atoms. The van der Waals surface area contributed by atoms with Crippen LogP contribution in [0.1, 0.15) is 45.7 Å². The maximum absolute atomic E-state index is 6.11. The third-order valence-corrected chi connectivity index (χ3v) is 4.60. The van der Waals surface area contributed by atoms with E-state index in [9.17, 15) is 0 Å². The molecule has 1 heteroatoms. The van der Waals surface area contributed by atoms with Gasteiger partial charge in [-0.25, -0.2) is 0 Å². The molecule has 0 unspecified atom stereocenters. The van der Waals surface area contributed by atoms with Crippen LogP contribution in [0.25, 0.3) is 21.9 Å². The van der Waals surface area contributed by atoms with Gasteiger partial charge in [0.05, 0.1) is 6.10 Å². The molecule has 25 heavy (non-hydrogen) atoms. The fraction of sp³-hybridized carbons (Fsp3) is 0.333. The maximum Gasteiger partial charge on any atom is 0.130 e. The monoisotopic (exact) mass is 332 g/mol. The molecule has 0 aliphatic carbocycles. The van der Waals surface area contributed by atoms with Crippen LogP contribution < -0.4 is 4.74 Å². The molecule has 0 bridgehead atoms. The van der Waals surface area contributed by atoms with E-state index < -0.39 is 0 Å². The van der Waals surface area contributed by atoms with Gasteiger partial charge < -0.3 is 4.74 Å². The predicted octanol–water partition coefficient (Wildman–Crippen LogP) is 6.90. The quantitative estimate of drug-likeness (QED) is 0.507. The van der Waals surface area contributed by atoms with Crippen molar-refractivity contribution in [2.24, 2.45) is 0 Å². The van der Waals surface area contributed by atoms with Crippen molar-refractivity contribution in [2.75, 3.05) is 0 Å². The third-order valence-electron chi connectivity index (χ3n) is 4.60. The van der Waals surface area contributed by atoms with E-state index in [0.717, 1.165) is 5.75 Å². The van der Waals surface area contributed by atoms with Gasteiger partial charge in [-0.1, -0.05) is 69.3 Å². The summed E-state index contributed by atoms with van der Waals surface area (Å²) in [7, 11) is 0. The second kappa shape index (κ2) is 6.55. The first kappa shape index (κ1) is 17.5. The Morgan fingerprint density at radius 1 is 0.840 bits per heavy atom. The maximum atomic E-state index is 6.11. The van der Waals surface area contributed by atoms with Gasteiger partial charge in [0.1, 0.15) is 5.75 Å². The second-order valence-electron chi connectivity index (χ2n) is 8.11. The lowest BCUT2D eigenvalue weighted by atomic mass is 9.85. The molecule has 0 radical (unpaired) electrons. The molecule has 130 valence electrons. The van der Waals surface area contributed by atoms with E-state index >= 15 is 0 Å². The largest absolute Gasteiger partial charge is 0.490 e. The minimum atomic E-state index is 0.166. The van der Waals surface area contributed by atoms with Gasteiger partial charge in [0.15, 0.2) is 0 Å². The van der Waals surface area contributed by atoms with Crippen molar-refractivity contribution in [3.05, 3.63) is 65.7 Å². The highest BCUT2D eigenvalue weighted by Gasteiger charge is 2.15. The Kier molecular flexibility index (Phi) is 4.60. The molecule has 0 aromatic heterocycles. The normalized spacial score (nSPS) is 12.0. The molecular weight excluding hydrogens is 304 g/mol. The van der Waals surface area contributed by atoms with Crippen molar-refractivity contribution in [1.82, 2.24) is 0 Å². The summed E-state index contributed by atoms with van der Waals surface area (Å²) in [6.07, 6.45) is 0.166. The van der Waals surface area contributed by atoms with Gasteiger partial charge in [-0.2, -0.15) is 0 Å². The van der Waals surface area contributed by atoms with E-state index in [4.69, 9.17) is 4.74 Å². The number of rotatable bonds is 3. The number of benzene rings is 3. The van der Waals surface area contributed by atoms with Crippen molar-refractivity contribution in [1.29, 1.82) is 0 Å². The molecule has 3 rings (SSSR count). The smallest absolute Gasteiger partial charge is 0.130 e. The first-order chi connectivity index (χ1) is 11.8. The predicted molar refractivity (Wildman–Crippen MR) is 109 cm³/mol. The Bertz CT molecular complexity index is 880. The van der Waals surface area contributed by atoms with E-state index in [0.29, 0.717) is 0 Å². The van der Waals surface area contributed by atoms with Gasteiger partial charge in [0.2, 0.25) is 0 Å². The Morgan fingerprint density at radius 3 is 2.00 bits per heavy atom. The minimum absolute atomic E-state index is 0.166. The summed E-state index contributed by atoms with van der Waals surface area (Å²) in [5.41, 5.74) is 5.23. The first-order valence-corrected chi connectivity index (χ1v) is 9.07. The summed E-state index contributed by atoms with van der Waals surface area (Å²) >= 11 is 0. The van der Waals surface area contributed by atoms with E-state index in [2.05, 4.69) is 96.1 Å². The Morgan fingerprint density at radius 2 is 1.44 bits per heavy atom. The molecule has 3 aromatic carbocycles. The van der Waals surface area contributed by atoms with Crippen LogP contribution in [-0.2, 0) is 5.41 Å². The molecule has 0 N–H and O–H groups in total. The summed E-state index contributed by atoms with van der Waals surface area (Å²) in [6, 6.07) is 19.8. The number of hydrogen-bond donors (Lipinski definition) is 0. The standard InChI is InChI=1S/C24H28O/c1-16(2)25-23-17(3)15-22(20-9-7-8-10-21(20)23)18-11-13-19(14-12-18)24(4,5)6/h7-16H,1-6H3. The zero-order valence-corrected chi connectivity index (χ0v) is 16.2. The summed E-state index contributed by atoms with van der Waals surface area (Å²) in [5.74, 6) is 1.00. The van der Waals surface area contributed by atoms with Crippen LogP contribution in [0, 0.1) is 6.92 Å². The van der Waals surface area contributed by atoms with Crippen molar-refractivity contribution in [3.63, 3.8) is 0 Å². The fourth-order valence-corrected chi connectivity index (χ4v) is 3.27. The number of fused-ring (bicyclic) bond motifs is 1. The van der Waals surface area contributed by atoms with Crippen LogP contribution in [0.4, 0.5) is 0 Å². The lowest BCUT2D eigenvalue weighted by Crippen LogP contribution is -2.10. The summed E-state index contributed by atoms with van der Waals surface area (Å²) < 4.78 is 6.11. The van der Waals surface area contributed by atoms with E-state index in [-0.39, 0.29) is 11.5 Å². The SMILES string of the molecule is Cc1cc(-c2ccc(C(C)(C)C)cc2)c2ccccc2c1OC(C)C. The van der Waals surface area contributed by atoms with Crippen molar-refractivity contribution in [3.8, 4) is 16.9 Å². The van der Waals surface area contributed by atoms with Crippen LogP contribution in [0.2, 0.25) is 0 Å². The van der Waals surface area contributed by atoms with Crippen molar-refractivity contribution >= 4 is 10.8 Å². The number of hydrogen-bond acceptors (Lipinski definition) is 1. The van der Waals surface area contributed by atoms with Crippen LogP contribution in [0.15, 0.2) is 54.6 Å². The van der Waals surface area contributed by atoms with E-state index in [1.54, 1.807) is 0 Å². The first-order valence-electron chi connectivity index (χ1n) is 9.07. The zero-order chi connectivity index (χ0) is 18.2. The van der Waals surface area contributed by atoms with E-state index in [1.807, 2.05) is 0 Å². The van der Waals surface area contributed by atoms with Gasteiger partial charge in [0, 0.05) is 5.39 Å². The lowest BCUT2D eigenvalue weighted by molar-refractivity contribution is 0.244. The molecule has 0 aliphatic heterocycles. The Labute approximate surface area is 151 Å². The Hall–Kier alpha value is -2.28. The average Bonchev–Trinajstić information content (AvgIpc) is 2.56. The lowest BCUT2D eigenvalue weighted by Gasteiger charge is -2.20. The van der Waals surface area contributed by atoms with Gasteiger partial charge in [-0.05, 0) is 59.9 Å². The van der Waals surface area contributed by atoms with Gasteiger partial charge in [-0.15, -0.1) is 0 Å². The number of ether oxygens (including phenoxy) is 1. The fourth-order valence-electron chi connectivity index (χ4n) is 3.27. The Balaban J connectivity index is 2.17. The average molecular weight is 332 g/mol. The molecule has 0 saturated heterocycles. The van der Waals surface area contributed by atoms with Crippen LogP contribution in [-0.4, -0.2) is 6.10 Å². The highest BCUT2D eigenvalue weighted by molar-refractivity contribution is 6.01. The molecule has 1 nitrogen and oxygen atoms in total. The van der Waals surface area contributed by atoms with Gasteiger partial charge >= 0.3 is 0 Å². The summed E-state index contributed by atoms with van der Waals surface area (Å²) in [5, 5.41) is 2.43. The van der Waals surface area contributed by atoms with E-state index in [1.165, 1.54) is 33.0 Å². The molecule has 0 aliphatic rings. The van der Waals surface area contributed by atoms with Gasteiger partial charge in [0.25, 0.3) is 0 Å². The second-order valence-corrected chi connectivity index (χ2v) is 8.11. The van der Waals surface area contributed by atoms with Crippen LogP contribution in [0.5, 0.6) is 5.75 Å². The molecule has 0 amide bonds. The molecule has 0 heterocycles. The molecule has 0 saturated carbocycles. The summed E-state index contributed by atoms with van der Waals surface area (Å²) in [6.45, 7) is 13.0. The van der Waals surface area contributed by atoms with Crippen LogP contribution in [0.3, 0.4) is 0 Å². The highest BCUT2D eigenvalue weighted by atomic mass is 16.5. The summed E-state index contributed by atoms with van der Waals surface area (Å²) in [4.78, 5) is 0. The molecule has 0 fully saturated rings. The highest BCUT2D eigenvalue weighted by Crippen LogP contribution is 2.38. The van der Waals surface area contributed by atoms with Gasteiger partial charge in [-0.3, -0.25) is 0 Å². The number of aryl methyl sites for hydroxylation is 1. The molecular formula is C24H28O. The topological polar surface area (TPSA) is 9.23 Å². The minimum Gasteiger partial charge on any atom is -0.490 e. The molecule has 3 aromatic rings. The van der Waals surface area contributed by atoms with Crippen LogP contribution >= 0.6 is 0 Å². The van der Waals surface area contributed by atoms with Crippen molar-refractivity contribution in [2.45, 2.75) is 53.1 Å². The zero-order valence-electron chi connectivity index (χ0n) is 16.2. The molecule has 0 atom stereocenters.